The van der Waals surface area contributed by atoms with Gasteiger partial charge in [0.15, 0.2) is 0 Å². The molecule has 1 aliphatic rings. The normalized spacial score (nSPS) is 19.5. The summed E-state index contributed by atoms with van der Waals surface area (Å²) in [6, 6.07) is 0. The van der Waals surface area contributed by atoms with E-state index >= 15 is 0 Å². The Morgan fingerprint density at radius 2 is 2.53 bits per heavy atom. The summed E-state index contributed by atoms with van der Waals surface area (Å²) in [6.45, 7) is 4.20. The second kappa shape index (κ2) is 5.77. The Morgan fingerprint density at radius 1 is 1.65 bits per heavy atom. The van der Waals surface area contributed by atoms with E-state index in [0.29, 0.717) is 18.4 Å². The van der Waals surface area contributed by atoms with E-state index in [4.69, 9.17) is 9.26 Å². The maximum Gasteiger partial charge on any atom is 0.379 e. The molecule has 0 radical (unpaired) electrons. The van der Waals surface area contributed by atoms with Crippen LogP contribution in [0.15, 0.2) is 4.52 Å². The van der Waals surface area contributed by atoms with Gasteiger partial charge >= 0.3 is 5.97 Å². The monoisotopic (exact) mass is 239 g/mol. The molecular weight excluding hydrogens is 222 g/mol. The van der Waals surface area contributed by atoms with Gasteiger partial charge in [0, 0.05) is 6.42 Å². The SMILES string of the molecule is CCOC(=O)c1noc(CCC2CCNC2)n1. The summed E-state index contributed by atoms with van der Waals surface area (Å²) in [5.74, 6) is 0.685. The zero-order valence-corrected chi connectivity index (χ0v) is 9.94. The summed E-state index contributed by atoms with van der Waals surface area (Å²) in [7, 11) is 0. The van der Waals surface area contributed by atoms with Crippen LogP contribution in [0.4, 0.5) is 0 Å². The van der Waals surface area contributed by atoms with Crippen molar-refractivity contribution in [3.05, 3.63) is 11.7 Å². The van der Waals surface area contributed by atoms with Crippen LogP contribution in [0.2, 0.25) is 0 Å². The van der Waals surface area contributed by atoms with Crippen LogP contribution in [0.5, 0.6) is 0 Å². The number of ether oxygens (including phenoxy) is 1. The van der Waals surface area contributed by atoms with Crippen LogP contribution in [0, 0.1) is 5.92 Å². The lowest BCUT2D eigenvalue weighted by Gasteiger charge is -2.03. The third-order valence-corrected chi connectivity index (χ3v) is 2.85. The van der Waals surface area contributed by atoms with Gasteiger partial charge in [-0.3, -0.25) is 0 Å². The zero-order valence-electron chi connectivity index (χ0n) is 9.94. The highest BCUT2D eigenvalue weighted by Crippen LogP contribution is 2.15. The summed E-state index contributed by atoms with van der Waals surface area (Å²) in [5.41, 5.74) is 0. The van der Waals surface area contributed by atoms with Gasteiger partial charge in [-0.2, -0.15) is 4.98 Å². The Bertz CT molecular complexity index is 372. The molecule has 0 amide bonds. The van der Waals surface area contributed by atoms with Gasteiger partial charge in [0.1, 0.15) is 0 Å². The van der Waals surface area contributed by atoms with E-state index in [1.54, 1.807) is 6.92 Å². The molecule has 94 valence electrons. The quantitative estimate of drug-likeness (QED) is 0.765. The standard InChI is InChI=1S/C11H17N3O3/c1-2-16-11(15)10-13-9(17-14-10)4-3-8-5-6-12-7-8/h8,12H,2-7H2,1H3. The van der Waals surface area contributed by atoms with Gasteiger partial charge in [0.25, 0.3) is 5.82 Å². The van der Waals surface area contributed by atoms with Crippen LogP contribution < -0.4 is 5.32 Å². The molecular formula is C11H17N3O3. The second-order valence-corrected chi connectivity index (χ2v) is 4.13. The number of carbonyl (C=O) groups is 1. The van der Waals surface area contributed by atoms with Crippen molar-refractivity contribution in [2.45, 2.75) is 26.2 Å². The predicted octanol–water partition coefficient (Wildman–Crippen LogP) is 0.788. The molecule has 0 spiro atoms. The number of hydrogen-bond acceptors (Lipinski definition) is 6. The van der Waals surface area contributed by atoms with Crippen molar-refractivity contribution in [1.82, 2.24) is 15.5 Å². The Kier molecular flexibility index (Phi) is 4.08. The fourth-order valence-corrected chi connectivity index (χ4v) is 1.92. The number of hydrogen-bond donors (Lipinski definition) is 1. The van der Waals surface area contributed by atoms with Gasteiger partial charge in [0.05, 0.1) is 6.61 Å². The molecule has 0 saturated carbocycles. The van der Waals surface area contributed by atoms with Crippen molar-refractivity contribution in [3.8, 4) is 0 Å². The number of carbonyl (C=O) groups excluding carboxylic acids is 1. The Labute approximate surface area is 99.7 Å². The fraction of sp³-hybridized carbons (Fsp3) is 0.727. The van der Waals surface area contributed by atoms with Crippen molar-refractivity contribution in [3.63, 3.8) is 0 Å². The Hall–Kier alpha value is -1.43. The molecule has 1 saturated heterocycles. The highest BCUT2D eigenvalue weighted by atomic mass is 16.5. The van der Waals surface area contributed by atoms with E-state index in [1.807, 2.05) is 0 Å². The number of nitrogens with one attached hydrogen (secondary N) is 1. The summed E-state index contributed by atoms with van der Waals surface area (Å²) >= 11 is 0. The minimum atomic E-state index is -0.523. The van der Waals surface area contributed by atoms with Crippen LogP contribution in [-0.4, -0.2) is 35.8 Å². The van der Waals surface area contributed by atoms with Crippen LogP contribution in [0.25, 0.3) is 0 Å². The first-order valence-electron chi connectivity index (χ1n) is 6.00. The maximum absolute atomic E-state index is 11.3. The van der Waals surface area contributed by atoms with E-state index in [9.17, 15) is 4.79 Å². The lowest BCUT2D eigenvalue weighted by atomic mass is 10.0. The molecule has 1 aromatic rings. The van der Waals surface area contributed by atoms with Crippen molar-refractivity contribution in [2.75, 3.05) is 19.7 Å². The van der Waals surface area contributed by atoms with Crippen LogP contribution in [0.1, 0.15) is 36.3 Å². The highest BCUT2D eigenvalue weighted by molar-refractivity contribution is 5.84. The Morgan fingerprint density at radius 3 is 3.24 bits per heavy atom. The maximum atomic E-state index is 11.3. The average molecular weight is 239 g/mol. The molecule has 0 aromatic carbocycles. The predicted molar refractivity (Wildman–Crippen MR) is 59.6 cm³/mol. The zero-order chi connectivity index (χ0) is 12.1. The molecule has 1 fully saturated rings. The largest absolute Gasteiger partial charge is 0.460 e. The van der Waals surface area contributed by atoms with Crippen molar-refractivity contribution in [2.24, 2.45) is 5.92 Å². The summed E-state index contributed by atoms with van der Waals surface area (Å²) in [6.07, 6.45) is 2.93. The molecule has 1 unspecified atom stereocenters. The van der Waals surface area contributed by atoms with Crippen LogP contribution in [-0.2, 0) is 11.2 Å². The molecule has 6 nitrogen and oxygen atoms in total. The van der Waals surface area contributed by atoms with E-state index < -0.39 is 5.97 Å². The molecule has 17 heavy (non-hydrogen) atoms. The Balaban J connectivity index is 1.83. The highest BCUT2D eigenvalue weighted by Gasteiger charge is 2.18. The molecule has 1 atom stereocenters. The first-order chi connectivity index (χ1) is 8.29. The number of nitrogens with zero attached hydrogens (tertiary/aromatic N) is 2. The second-order valence-electron chi connectivity index (χ2n) is 4.13. The molecule has 2 heterocycles. The van der Waals surface area contributed by atoms with E-state index in [-0.39, 0.29) is 5.82 Å². The molecule has 6 heteroatoms. The van der Waals surface area contributed by atoms with Gasteiger partial charge in [-0.15, -0.1) is 0 Å². The average Bonchev–Trinajstić information content (AvgIpc) is 2.98. The summed E-state index contributed by atoms with van der Waals surface area (Å²) in [4.78, 5) is 15.3. The van der Waals surface area contributed by atoms with E-state index in [2.05, 4.69) is 15.5 Å². The van der Waals surface area contributed by atoms with Crippen LogP contribution in [0.3, 0.4) is 0 Å². The van der Waals surface area contributed by atoms with E-state index in [0.717, 1.165) is 25.9 Å². The van der Waals surface area contributed by atoms with E-state index in [1.165, 1.54) is 6.42 Å². The van der Waals surface area contributed by atoms with Crippen LogP contribution >= 0.6 is 0 Å². The number of rotatable bonds is 5. The van der Waals surface area contributed by atoms with Gasteiger partial charge in [-0.05, 0) is 43.9 Å². The van der Waals surface area contributed by atoms with Crippen molar-refractivity contribution >= 4 is 5.97 Å². The smallest absolute Gasteiger partial charge is 0.379 e. The summed E-state index contributed by atoms with van der Waals surface area (Å²) in [5, 5.41) is 6.91. The molecule has 2 rings (SSSR count). The molecule has 1 N–H and O–H groups in total. The lowest BCUT2D eigenvalue weighted by Crippen LogP contribution is -2.09. The first-order valence-corrected chi connectivity index (χ1v) is 6.00. The number of esters is 1. The molecule has 0 bridgehead atoms. The lowest BCUT2D eigenvalue weighted by molar-refractivity contribution is 0.0508. The minimum Gasteiger partial charge on any atom is -0.460 e. The fourth-order valence-electron chi connectivity index (χ4n) is 1.92. The first kappa shape index (κ1) is 12.0. The topological polar surface area (TPSA) is 77.2 Å². The van der Waals surface area contributed by atoms with Gasteiger partial charge in [0.2, 0.25) is 5.89 Å². The van der Waals surface area contributed by atoms with Crippen molar-refractivity contribution in [1.29, 1.82) is 0 Å². The number of aromatic nitrogens is 2. The van der Waals surface area contributed by atoms with Gasteiger partial charge in [-0.1, -0.05) is 0 Å². The van der Waals surface area contributed by atoms with Crippen molar-refractivity contribution < 1.29 is 14.1 Å². The third-order valence-electron chi connectivity index (χ3n) is 2.85. The van der Waals surface area contributed by atoms with Gasteiger partial charge < -0.3 is 14.6 Å². The summed E-state index contributed by atoms with van der Waals surface area (Å²) < 4.78 is 9.79. The third kappa shape index (κ3) is 3.26. The van der Waals surface area contributed by atoms with Gasteiger partial charge in [-0.25, -0.2) is 4.79 Å². The molecule has 1 aromatic heterocycles. The molecule has 1 aliphatic heterocycles. The molecule has 0 aliphatic carbocycles. The minimum absolute atomic E-state index is 0.0198. The number of aryl methyl sites for hydroxylation is 1.